The fourth-order valence-electron chi connectivity index (χ4n) is 3.58. The molecule has 2 N–H and O–H groups in total. The van der Waals surface area contributed by atoms with Crippen LogP contribution in [0.1, 0.15) is 47.9 Å². The number of nitrogens with zero attached hydrogens (tertiary/aromatic N) is 3. The standard InChI is InChI=1S/C24H24ClN5O2/c1-3-4-5-9-19-26-21-20(16-10-12-18(25)13-11-16)27-28-22(21)24(32)30(19)29-23(31)17-8-6-7-15(2)14-17/h6-8,10-14H,3-5,9H2,1-2H3,(H,27,28)(H,29,31). The first-order valence-electron chi connectivity index (χ1n) is 10.6. The quantitative estimate of drug-likeness (QED) is 0.394. The Morgan fingerprint density at radius 3 is 2.66 bits per heavy atom. The Morgan fingerprint density at radius 1 is 1.16 bits per heavy atom. The normalized spacial score (nSPS) is 11.1. The Hall–Kier alpha value is -3.45. The van der Waals surface area contributed by atoms with Crippen LogP contribution in [0.15, 0.2) is 53.3 Å². The van der Waals surface area contributed by atoms with Crippen LogP contribution in [0.25, 0.3) is 22.3 Å². The summed E-state index contributed by atoms with van der Waals surface area (Å²) in [7, 11) is 0. The molecule has 2 aromatic carbocycles. The van der Waals surface area contributed by atoms with Gasteiger partial charge in [-0.15, -0.1) is 0 Å². The number of amides is 1. The Kier molecular flexibility index (Phi) is 6.37. The third-order valence-corrected chi connectivity index (χ3v) is 5.52. The van der Waals surface area contributed by atoms with Gasteiger partial charge in [-0.1, -0.05) is 61.2 Å². The van der Waals surface area contributed by atoms with Crippen molar-refractivity contribution in [3.8, 4) is 11.3 Å². The summed E-state index contributed by atoms with van der Waals surface area (Å²) in [5.74, 6) is 0.125. The second-order valence-electron chi connectivity index (χ2n) is 7.74. The molecule has 4 aromatic rings. The van der Waals surface area contributed by atoms with Gasteiger partial charge in [0.1, 0.15) is 17.0 Å². The number of H-pyrrole nitrogens is 1. The highest BCUT2D eigenvalue weighted by atomic mass is 35.5. The predicted molar refractivity (Wildman–Crippen MR) is 127 cm³/mol. The van der Waals surface area contributed by atoms with Gasteiger partial charge in [0.15, 0.2) is 5.52 Å². The highest BCUT2D eigenvalue weighted by Gasteiger charge is 2.19. The van der Waals surface area contributed by atoms with Crippen LogP contribution in [0, 0.1) is 6.92 Å². The zero-order valence-corrected chi connectivity index (χ0v) is 18.7. The average molecular weight is 450 g/mol. The molecule has 0 aliphatic carbocycles. The molecule has 0 radical (unpaired) electrons. The van der Waals surface area contributed by atoms with E-state index < -0.39 is 5.56 Å². The molecule has 32 heavy (non-hydrogen) atoms. The number of unbranched alkanes of at least 4 members (excludes halogenated alkanes) is 2. The van der Waals surface area contributed by atoms with Gasteiger partial charge in [0.05, 0.1) is 0 Å². The molecule has 0 unspecified atom stereocenters. The van der Waals surface area contributed by atoms with Crippen molar-refractivity contribution in [3.05, 3.63) is 80.9 Å². The van der Waals surface area contributed by atoms with Gasteiger partial charge in [-0.25, -0.2) is 9.66 Å². The van der Waals surface area contributed by atoms with Crippen LogP contribution >= 0.6 is 11.6 Å². The summed E-state index contributed by atoms with van der Waals surface area (Å²) >= 11 is 6.00. The topological polar surface area (TPSA) is 92.7 Å². The lowest BCUT2D eigenvalue weighted by atomic mass is 10.1. The van der Waals surface area contributed by atoms with Crippen LogP contribution in [-0.4, -0.2) is 25.8 Å². The first kappa shape index (κ1) is 21.8. The summed E-state index contributed by atoms with van der Waals surface area (Å²) in [6, 6.07) is 14.4. The van der Waals surface area contributed by atoms with Crippen LogP contribution in [0.5, 0.6) is 0 Å². The number of rotatable bonds is 7. The van der Waals surface area contributed by atoms with Gasteiger partial charge in [0.2, 0.25) is 0 Å². The summed E-state index contributed by atoms with van der Waals surface area (Å²) in [4.78, 5) is 30.9. The maximum Gasteiger partial charge on any atom is 0.298 e. The molecule has 0 fully saturated rings. The van der Waals surface area contributed by atoms with Crippen molar-refractivity contribution in [3.63, 3.8) is 0 Å². The van der Waals surface area contributed by atoms with Crippen molar-refractivity contribution >= 4 is 28.5 Å². The number of carbonyl (C=O) groups is 1. The SMILES string of the molecule is CCCCCc1nc2c(-c3ccc(Cl)cc3)n[nH]c2c(=O)n1NC(=O)c1cccc(C)c1. The molecule has 2 heterocycles. The summed E-state index contributed by atoms with van der Waals surface area (Å²) < 4.78 is 1.24. The minimum atomic E-state index is -0.393. The third kappa shape index (κ3) is 4.43. The van der Waals surface area contributed by atoms with Gasteiger partial charge >= 0.3 is 0 Å². The van der Waals surface area contributed by atoms with E-state index in [0.717, 1.165) is 30.4 Å². The van der Waals surface area contributed by atoms with Crippen molar-refractivity contribution < 1.29 is 4.79 Å². The monoisotopic (exact) mass is 449 g/mol. The molecule has 1 amide bonds. The average Bonchev–Trinajstić information content (AvgIpc) is 3.21. The Balaban J connectivity index is 1.79. The molecule has 8 heteroatoms. The van der Waals surface area contributed by atoms with Gasteiger partial charge < -0.3 is 0 Å². The molecule has 0 bridgehead atoms. The largest absolute Gasteiger partial charge is 0.298 e. The van der Waals surface area contributed by atoms with E-state index in [2.05, 4.69) is 22.5 Å². The highest BCUT2D eigenvalue weighted by molar-refractivity contribution is 6.30. The molecule has 7 nitrogen and oxygen atoms in total. The lowest BCUT2D eigenvalue weighted by Gasteiger charge is -2.14. The Labute approximate surface area is 190 Å². The molecule has 4 rings (SSSR count). The number of fused-ring (bicyclic) bond motifs is 1. The smallest absolute Gasteiger partial charge is 0.270 e. The lowest BCUT2D eigenvalue weighted by molar-refractivity contribution is 0.101. The van der Waals surface area contributed by atoms with Crippen LogP contribution in [0.4, 0.5) is 0 Å². The minimum absolute atomic E-state index is 0.235. The molecular weight excluding hydrogens is 426 g/mol. The summed E-state index contributed by atoms with van der Waals surface area (Å²) in [6.45, 7) is 4.02. The van der Waals surface area contributed by atoms with E-state index >= 15 is 0 Å². The molecule has 0 aliphatic heterocycles. The van der Waals surface area contributed by atoms with Gasteiger partial charge in [-0.05, 0) is 37.6 Å². The van der Waals surface area contributed by atoms with E-state index in [4.69, 9.17) is 16.6 Å². The predicted octanol–water partition coefficient (Wildman–Crippen LogP) is 4.87. The second kappa shape index (κ2) is 9.36. The van der Waals surface area contributed by atoms with Crippen molar-refractivity contribution in [2.45, 2.75) is 39.5 Å². The molecule has 0 saturated heterocycles. The van der Waals surface area contributed by atoms with E-state index in [1.807, 2.05) is 31.2 Å². The zero-order chi connectivity index (χ0) is 22.7. The van der Waals surface area contributed by atoms with Crippen molar-refractivity contribution in [2.24, 2.45) is 0 Å². The fourth-order valence-corrected chi connectivity index (χ4v) is 3.71. The van der Waals surface area contributed by atoms with Gasteiger partial charge in [-0.3, -0.25) is 20.1 Å². The number of aromatic nitrogens is 4. The molecule has 0 saturated carbocycles. The Bertz CT molecular complexity index is 1320. The number of hydrogen-bond acceptors (Lipinski definition) is 4. The number of aromatic amines is 1. The van der Waals surface area contributed by atoms with Crippen LogP contribution in [-0.2, 0) is 6.42 Å². The van der Waals surface area contributed by atoms with E-state index in [1.54, 1.807) is 24.3 Å². The number of carbonyl (C=O) groups excluding carboxylic acids is 1. The van der Waals surface area contributed by atoms with Gasteiger partial charge in [0, 0.05) is 22.6 Å². The van der Waals surface area contributed by atoms with Gasteiger partial charge in [-0.2, -0.15) is 5.10 Å². The van der Waals surface area contributed by atoms with Crippen LogP contribution in [0.2, 0.25) is 5.02 Å². The van der Waals surface area contributed by atoms with E-state index in [0.29, 0.717) is 34.0 Å². The van der Waals surface area contributed by atoms with Crippen molar-refractivity contribution in [1.82, 2.24) is 19.9 Å². The first-order valence-corrected chi connectivity index (χ1v) is 11.0. The fraction of sp³-hybridized carbons (Fsp3) is 0.250. The zero-order valence-electron chi connectivity index (χ0n) is 18.0. The van der Waals surface area contributed by atoms with Crippen molar-refractivity contribution in [1.29, 1.82) is 0 Å². The van der Waals surface area contributed by atoms with Crippen LogP contribution in [0.3, 0.4) is 0 Å². The van der Waals surface area contributed by atoms with E-state index in [9.17, 15) is 9.59 Å². The van der Waals surface area contributed by atoms with E-state index in [1.165, 1.54) is 4.68 Å². The number of hydrogen-bond donors (Lipinski definition) is 2. The first-order chi connectivity index (χ1) is 15.5. The second-order valence-corrected chi connectivity index (χ2v) is 8.18. The number of aryl methyl sites for hydroxylation is 2. The molecule has 0 aliphatic rings. The van der Waals surface area contributed by atoms with Gasteiger partial charge in [0.25, 0.3) is 11.5 Å². The molecule has 0 spiro atoms. The highest BCUT2D eigenvalue weighted by Crippen LogP contribution is 2.25. The maximum atomic E-state index is 13.3. The molecule has 164 valence electrons. The molecule has 0 atom stereocenters. The molecular formula is C24H24ClN5O2. The summed E-state index contributed by atoms with van der Waals surface area (Å²) in [5.41, 5.74) is 5.86. The number of benzene rings is 2. The third-order valence-electron chi connectivity index (χ3n) is 5.27. The van der Waals surface area contributed by atoms with E-state index in [-0.39, 0.29) is 11.4 Å². The maximum absolute atomic E-state index is 13.3. The number of halogens is 1. The Morgan fingerprint density at radius 2 is 1.94 bits per heavy atom. The lowest BCUT2D eigenvalue weighted by Crippen LogP contribution is -2.36. The van der Waals surface area contributed by atoms with Crippen molar-refractivity contribution in [2.75, 3.05) is 5.43 Å². The molecule has 2 aromatic heterocycles. The van der Waals surface area contributed by atoms with Crippen LogP contribution < -0.4 is 11.0 Å². The minimum Gasteiger partial charge on any atom is -0.270 e. The summed E-state index contributed by atoms with van der Waals surface area (Å²) in [6.07, 6.45) is 3.43. The summed E-state index contributed by atoms with van der Waals surface area (Å²) in [5, 5.41) is 7.74. The number of nitrogens with one attached hydrogen (secondary N) is 2.